The highest BCUT2D eigenvalue weighted by Gasteiger charge is 2.10. The van der Waals surface area contributed by atoms with Crippen LogP contribution in [-0.2, 0) is 12.8 Å². The zero-order valence-corrected chi connectivity index (χ0v) is 13.4. The summed E-state index contributed by atoms with van der Waals surface area (Å²) < 4.78 is 0. The van der Waals surface area contributed by atoms with Crippen molar-refractivity contribution >= 4 is 0 Å². The molecular weight excluding hydrogens is 256 g/mol. The number of nitrogens with zero attached hydrogens (tertiary/aromatic N) is 1. The van der Waals surface area contributed by atoms with Crippen molar-refractivity contribution in [2.24, 2.45) is 0 Å². The molecule has 1 aromatic carbocycles. The van der Waals surface area contributed by atoms with E-state index in [4.69, 9.17) is 0 Å². The summed E-state index contributed by atoms with van der Waals surface area (Å²) in [5.41, 5.74) is 5.42. The van der Waals surface area contributed by atoms with E-state index in [9.17, 15) is 0 Å². The van der Waals surface area contributed by atoms with Gasteiger partial charge in [0.1, 0.15) is 0 Å². The molecule has 1 heterocycles. The molecule has 1 N–H and O–H groups in total. The summed E-state index contributed by atoms with van der Waals surface area (Å²) in [6.45, 7) is 7.62. The number of benzene rings is 1. The first kappa shape index (κ1) is 15.7. The minimum absolute atomic E-state index is 0.468. The van der Waals surface area contributed by atoms with Crippen LogP contribution in [0.2, 0.25) is 0 Å². The molecular formula is C19H26N2. The average Bonchev–Trinajstić information content (AvgIpc) is 2.45. The van der Waals surface area contributed by atoms with Crippen molar-refractivity contribution in [3.05, 3.63) is 65.0 Å². The summed E-state index contributed by atoms with van der Waals surface area (Å²) in [4.78, 5) is 4.23. The van der Waals surface area contributed by atoms with Gasteiger partial charge in [0, 0.05) is 18.4 Å². The average molecular weight is 282 g/mol. The van der Waals surface area contributed by atoms with E-state index in [1.807, 2.05) is 18.5 Å². The van der Waals surface area contributed by atoms with Gasteiger partial charge in [0.15, 0.2) is 0 Å². The molecule has 0 aliphatic rings. The number of pyridine rings is 1. The lowest BCUT2D eigenvalue weighted by atomic mass is 9.97. The van der Waals surface area contributed by atoms with Gasteiger partial charge in [0.25, 0.3) is 0 Å². The van der Waals surface area contributed by atoms with Gasteiger partial charge in [-0.15, -0.1) is 0 Å². The van der Waals surface area contributed by atoms with Crippen molar-refractivity contribution in [3.63, 3.8) is 0 Å². The van der Waals surface area contributed by atoms with Crippen molar-refractivity contribution in [1.29, 1.82) is 0 Å². The number of hydrogen-bond donors (Lipinski definition) is 1. The van der Waals surface area contributed by atoms with E-state index in [0.29, 0.717) is 6.04 Å². The molecule has 0 radical (unpaired) electrons. The van der Waals surface area contributed by atoms with Crippen molar-refractivity contribution in [2.75, 3.05) is 6.54 Å². The Hall–Kier alpha value is -1.67. The SMILES string of the molecule is CCCNC(Cc1cccnc1)Cc1cc(C)cc(C)c1. The smallest absolute Gasteiger partial charge is 0.0300 e. The summed E-state index contributed by atoms with van der Waals surface area (Å²) in [6, 6.07) is 11.5. The lowest BCUT2D eigenvalue weighted by Crippen LogP contribution is -2.33. The maximum Gasteiger partial charge on any atom is 0.0300 e. The first-order valence-electron chi connectivity index (χ1n) is 7.87. The molecule has 2 rings (SSSR count). The van der Waals surface area contributed by atoms with Crippen LogP contribution in [0.3, 0.4) is 0 Å². The zero-order valence-electron chi connectivity index (χ0n) is 13.4. The monoisotopic (exact) mass is 282 g/mol. The maximum atomic E-state index is 4.23. The third-order valence-corrected chi connectivity index (χ3v) is 3.65. The molecule has 1 unspecified atom stereocenters. The Morgan fingerprint density at radius 1 is 1.05 bits per heavy atom. The van der Waals surface area contributed by atoms with E-state index in [-0.39, 0.29) is 0 Å². The van der Waals surface area contributed by atoms with Crippen LogP contribution in [0.25, 0.3) is 0 Å². The molecule has 0 amide bonds. The third-order valence-electron chi connectivity index (χ3n) is 3.65. The van der Waals surface area contributed by atoms with Crippen molar-refractivity contribution in [2.45, 2.75) is 46.1 Å². The van der Waals surface area contributed by atoms with Gasteiger partial charge in [0.2, 0.25) is 0 Å². The first-order chi connectivity index (χ1) is 10.2. The van der Waals surface area contributed by atoms with Crippen LogP contribution in [0.4, 0.5) is 0 Å². The second-order valence-electron chi connectivity index (χ2n) is 5.92. The second kappa shape index (κ2) is 7.94. The van der Waals surface area contributed by atoms with Gasteiger partial charge in [-0.2, -0.15) is 0 Å². The molecule has 0 bridgehead atoms. The second-order valence-corrected chi connectivity index (χ2v) is 5.92. The predicted molar refractivity (Wildman–Crippen MR) is 89.6 cm³/mol. The summed E-state index contributed by atoms with van der Waals surface area (Å²) in [5.74, 6) is 0. The van der Waals surface area contributed by atoms with E-state index >= 15 is 0 Å². The highest BCUT2D eigenvalue weighted by Crippen LogP contribution is 2.13. The van der Waals surface area contributed by atoms with Crippen molar-refractivity contribution in [1.82, 2.24) is 10.3 Å². The molecule has 21 heavy (non-hydrogen) atoms. The van der Waals surface area contributed by atoms with Gasteiger partial charge < -0.3 is 5.32 Å². The Morgan fingerprint density at radius 2 is 1.76 bits per heavy atom. The molecule has 1 atom stereocenters. The normalized spacial score (nSPS) is 12.3. The van der Waals surface area contributed by atoms with Crippen LogP contribution in [0, 0.1) is 13.8 Å². The predicted octanol–water partition coefficient (Wildman–Crippen LogP) is 3.85. The Morgan fingerprint density at radius 3 is 2.38 bits per heavy atom. The summed E-state index contributed by atoms with van der Waals surface area (Å²) in [5, 5.41) is 3.68. The highest BCUT2D eigenvalue weighted by atomic mass is 14.9. The molecule has 1 aromatic heterocycles. The van der Waals surface area contributed by atoms with Gasteiger partial charge in [-0.3, -0.25) is 4.98 Å². The number of rotatable bonds is 7. The van der Waals surface area contributed by atoms with Crippen LogP contribution in [0.1, 0.15) is 35.6 Å². The number of aromatic nitrogens is 1. The Kier molecular flexibility index (Phi) is 5.94. The minimum atomic E-state index is 0.468. The van der Waals surface area contributed by atoms with E-state index in [1.54, 1.807) is 0 Å². The fourth-order valence-corrected chi connectivity index (χ4v) is 2.84. The highest BCUT2D eigenvalue weighted by molar-refractivity contribution is 5.29. The fraction of sp³-hybridized carbons (Fsp3) is 0.421. The maximum absolute atomic E-state index is 4.23. The Balaban J connectivity index is 2.08. The van der Waals surface area contributed by atoms with E-state index in [0.717, 1.165) is 25.8 Å². The summed E-state index contributed by atoms with van der Waals surface area (Å²) in [7, 11) is 0. The fourth-order valence-electron chi connectivity index (χ4n) is 2.84. The third kappa shape index (κ3) is 5.31. The largest absolute Gasteiger partial charge is 0.313 e. The minimum Gasteiger partial charge on any atom is -0.313 e. The lowest BCUT2D eigenvalue weighted by Gasteiger charge is -2.19. The molecule has 2 heteroatoms. The van der Waals surface area contributed by atoms with Gasteiger partial charge in [-0.25, -0.2) is 0 Å². The van der Waals surface area contributed by atoms with Crippen molar-refractivity contribution in [3.8, 4) is 0 Å². The molecule has 0 saturated carbocycles. The number of aryl methyl sites for hydroxylation is 2. The Bertz CT molecular complexity index is 528. The summed E-state index contributed by atoms with van der Waals surface area (Å²) >= 11 is 0. The van der Waals surface area contributed by atoms with E-state index in [2.05, 4.69) is 55.3 Å². The van der Waals surface area contributed by atoms with Gasteiger partial charge in [-0.05, 0) is 56.8 Å². The first-order valence-corrected chi connectivity index (χ1v) is 7.87. The van der Waals surface area contributed by atoms with E-state index in [1.165, 1.54) is 22.3 Å². The molecule has 0 aliphatic carbocycles. The van der Waals surface area contributed by atoms with Crippen LogP contribution >= 0.6 is 0 Å². The van der Waals surface area contributed by atoms with Gasteiger partial charge in [-0.1, -0.05) is 42.3 Å². The molecule has 112 valence electrons. The quantitative estimate of drug-likeness (QED) is 0.834. The van der Waals surface area contributed by atoms with Crippen LogP contribution in [0.5, 0.6) is 0 Å². The summed E-state index contributed by atoms with van der Waals surface area (Å²) in [6.07, 6.45) is 7.07. The molecule has 0 aliphatic heterocycles. The molecule has 2 nitrogen and oxygen atoms in total. The van der Waals surface area contributed by atoms with Crippen LogP contribution in [-0.4, -0.2) is 17.6 Å². The van der Waals surface area contributed by atoms with Crippen molar-refractivity contribution < 1.29 is 0 Å². The van der Waals surface area contributed by atoms with Gasteiger partial charge >= 0.3 is 0 Å². The molecule has 0 saturated heterocycles. The van der Waals surface area contributed by atoms with Crippen LogP contribution in [0.15, 0.2) is 42.7 Å². The molecule has 0 fully saturated rings. The zero-order chi connectivity index (χ0) is 15.1. The van der Waals surface area contributed by atoms with Gasteiger partial charge in [0.05, 0.1) is 0 Å². The lowest BCUT2D eigenvalue weighted by molar-refractivity contribution is 0.504. The molecule has 2 aromatic rings. The number of nitrogens with one attached hydrogen (secondary N) is 1. The van der Waals surface area contributed by atoms with Crippen LogP contribution < -0.4 is 5.32 Å². The number of hydrogen-bond acceptors (Lipinski definition) is 2. The standard InChI is InChI=1S/C19H26N2/c1-4-7-21-19(12-17-6-5-8-20-14-17)13-18-10-15(2)9-16(3)11-18/h5-6,8-11,14,19,21H,4,7,12-13H2,1-3H3. The molecule has 0 spiro atoms. The van der Waals surface area contributed by atoms with E-state index < -0.39 is 0 Å². The Labute approximate surface area is 128 Å². The topological polar surface area (TPSA) is 24.9 Å².